The first-order valence-electron chi connectivity index (χ1n) is 6.96. The van der Waals surface area contributed by atoms with Crippen LogP contribution in [0.5, 0.6) is 0 Å². The first-order valence-corrected chi connectivity index (χ1v) is 6.96. The number of hydrogen-bond acceptors (Lipinski definition) is 2. The van der Waals surface area contributed by atoms with E-state index in [4.69, 9.17) is 5.73 Å². The van der Waals surface area contributed by atoms with Crippen molar-refractivity contribution in [2.75, 3.05) is 5.73 Å². The average Bonchev–Trinajstić information content (AvgIpc) is 2.27. The van der Waals surface area contributed by atoms with Gasteiger partial charge in [0.15, 0.2) is 0 Å². The van der Waals surface area contributed by atoms with Gasteiger partial charge in [-0.1, -0.05) is 6.07 Å². The molecule has 2 N–H and O–H groups in total. The highest BCUT2D eigenvalue weighted by Crippen LogP contribution is 2.60. The number of aromatic nitrogens is 1. The molecule has 0 spiro atoms. The summed E-state index contributed by atoms with van der Waals surface area (Å²) in [7, 11) is 0. The first kappa shape index (κ1) is 9.93. The third kappa shape index (κ3) is 1.42. The summed E-state index contributed by atoms with van der Waals surface area (Å²) < 4.78 is 0. The van der Waals surface area contributed by atoms with Gasteiger partial charge in [0.1, 0.15) is 5.82 Å². The molecule has 0 radical (unpaired) electrons. The molecule has 1 aromatic heterocycles. The van der Waals surface area contributed by atoms with Gasteiger partial charge in [0.2, 0.25) is 0 Å². The standard InChI is InChI=1S/C15H20N2/c16-14-3-1-2-13(17-14)15-7-10-4-11(8-15)6-12(5-10)9-15/h1-3,10-12H,4-9H2,(H2,16,17). The minimum Gasteiger partial charge on any atom is -0.384 e. The lowest BCUT2D eigenvalue weighted by Gasteiger charge is -2.56. The summed E-state index contributed by atoms with van der Waals surface area (Å²) in [5.41, 5.74) is 7.55. The van der Waals surface area contributed by atoms with Gasteiger partial charge in [-0.2, -0.15) is 0 Å². The molecule has 0 atom stereocenters. The van der Waals surface area contributed by atoms with Crippen LogP contribution in [0.15, 0.2) is 18.2 Å². The van der Waals surface area contributed by atoms with Crippen molar-refractivity contribution in [3.63, 3.8) is 0 Å². The van der Waals surface area contributed by atoms with E-state index in [0.29, 0.717) is 11.2 Å². The maximum Gasteiger partial charge on any atom is 0.123 e. The van der Waals surface area contributed by atoms with Gasteiger partial charge < -0.3 is 5.73 Å². The van der Waals surface area contributed by atoms with E-state index in [9.17, 15) is 0 Å². The predicted molar refractivity (Wildman–Crippen MR) is 68.5 cm³/mol. The summed E-state index contributed by atoms with van der Waals surface area (Å²) in [5.74, 6) is 3.62. The van der Waals surface area contributed by atoms with Crippen LogP contribution in [-0.2, 0) is 5.41 Å². The Morgan fingerprint density at radius 2 is 1.59 bits per heavy atom. The lowest BCUT2D eigenvalue weighted by Crippen LogP contribution is -2.48. The fraction of sp³-hybridized carbons (Fsp3) is 0.667. The zero-order valence-corrected chi connectivity index (χ0v) is 10.2. The highest BCUT2D eigenvalue weighted by Gasteiger charge is 2.52. The van der Waals surface area contributed by atoms with Gasteiger partial charge in [0, 0.05) is 11.1 Å². The van der Waals surface area contributed by atoms with Crippen LogP contribution >= 0.6 is 0 Å². The zero-order valence-electron chi connectivity index (χ0n) is 10.2. The summed E-state index contributed by atoms with van der Waals surface area (Å²) in [6, 6.07) is 6.20. The molecule has 0 amide bonds. The Bertz CT molecular complexity index is 417. The van der Waals surface area contributed by atoms with E-state index >= 15 is 0 Å². The van der Waals surface area contributed by atoms with Crippen LogP contribution in [0.4, 0.5) is 5.82 Å². The molecule has 0 aromatic carbocycles. The lowest BCUT2D eigenvalue weighted by molar-refractivity contribution is -0.00713. The third-order valence-electron chi connectivity index (χ3n) is 5.35. The van der Waals surface area contributed by atoms with Crippen molar-refractivity contribution < 1.29 is 0 Å². The highest BCUT2D eigenvalue weighted by atomic mass is 14.9. The lowest BCUT2D eigenvalue weighted by atomic mass is 9.49. The molecule has 4 fully saturated rings. The fourth-order valence-electron chi connectivity index (χ4n) is 5.17. The van der Waals surface area contributed by atoms with Crippen LogP contribution in [0.2, 0.25) is 0 Å². The third-order valence-corrected chi connectivity index (χ3v) is 5.35. The van der Waals surface area contributed by atoms with Crippen LogP contribution in [0.25, 0.3) is 0 Å². The SMILES string of the molecule is Nc1cccc(C23CC4CC(CC(C4)C2)C3)n1. The second-order valence-electron chi connectivity index (χ2n) is 6.65. The minimum atomic E-state index is 0.393. The summed E-state index contributed by atoms with van der Waals surface area (Å²) in [6.07, 6.45) is 8.57. The minimum absolute atomic E-state index is 0.393. The Hall–Kier alpha value is -1.05. The van der Waals surface area contributed by atoms with Crippen LogP contribution in [0.3, 0.4) is 0 Å². The number of nitrogens with two attached hydrogens (primary N) is 1. The summed E-state index contributed by atoms with van der Waals surface area (Å²) in [4.78, 5) is 4.64. The maximum atomic E-state index is 5.87. The smallest absolute Gasteiger partial charge is 0.123 e. The molecule has 5 rings (SSSR count). The van der Waals surface area contributed by atoms with Gasteiger partial charge in [0.05, 0.1) is 0 Å². The monoisotopic (exact) mass is 228 g/mol. The number of anilines is 1. The van der Waals surface area contributed by atoms with E-state index < -0.39 is 0 Å². The Morgan fingerprint density at radius 1 is 1.00 bits per heavy atom. The van der Waals surface area contributed by atoms with Crippen molar-refractivity contribution in [1.82, 2.24) is 4.98 Å². The number of pyridine rings is 1. The molecular formula is C15H20N2. The molecule has 0 saturated heterocycles. The number of nitrogens with zero attached hydrogens (tertiary/aromatic N) is 1. The second kappa shape index (κ2) is 3.24. The van der Waals surface area contributed by atoms with E-state index in [2.05, 4.69) is 17.1 Å². The van der Waals surface area contributed by atoms with Gasteiger partial charge in [-0.25, -0.2) is 4.98 Å². The van der Waals surface area contributed by atoms with E-state index in [-0.39, 0.29) is 0 Å². The molecule has 4 aliphatic carbocycles. The van der Waals surface area contributed by atoms with Gasteiger partial charge in [-0.05, 0) is 68.4 Å². The molecule has 1 heterocycles. The van der Waals surface area contributed by atoms with E-state index in [0.717, 1.165) is 17.8 Å². The van der Waals surface area contributed by atoms with E-state index in [1.54, 1.807) is 0 Å². The van der Waals surface area contributed by atoms with Gasteiger partial charge in [-0.15, -0.1) is 0 Å². The number of nitrogen functional groups attached to an aromatic ring is 1. The number of hydrogen-bond donors (Lipinski definition) is 1. The molecule has 2 heteroatoms. The Balaban J connectivity index is 1.77. The van der Waals surface area contributed by atoms with E-state index in [1.807, 2.05) is 6.07 Å². The average molecular weight is 228 g/mol. The van der Waals surface area contributed by atoms with Crippen molar-refractivity contribution >= 4 is 5.82 Å². The Morgan fingerprint density at radius 3 is 2.12 bits per heavy atom. The van der Waals surface area contributed by atoms with Gasteiger partial charge in [-0.3, -0.25) is 0 Å². The Labute approximate surface area is 103 Å². The predicted octanol–water partition coefficient (Wildman–Crippen LogP) is 3.13. The van der Waals surface area contributed by atoms with Crippen molar-refractivity contribution in [1.29, 1.82) is 0 Å². The maximum absolute atomic E-state index is 5.87. The molecule has 0 unspecified atom stereocenters. The fourth-order valence-corrected chi connectivity index (χ4v) is 5.17. The van der Waals surface area contributed by atoms with E-state index in [1.165, 1.54) is 44.2 Å². The second-order valence-corrected chi connectivity index (χ2v) is 6.65. The highest BCUT2D eigenvalue weighted by molar-refractivity contribution is 5.33. The van der Waals surface area contributed by atoms with Crippen LogP contribution in [-0.4, -0.2) is 4.98 Å². The quantitative estimate of drug-likeness (QED) is 0.802. The summed E-state index contributed by atoms with van der Waals surface area (Å²) in [5, 5.41) is 0. The van der Waals surface area contributed by atoms with Crippen molar-refractivity contribution in [2.45, 2.75) is 43.9 Å². The molecule has 4 saturated carbocycles. The van der Waals surface area contributed by atoms with Gasteiger partial charge >= 0.3 is 0 Å². The molecule has 2 nitrogen and oxygen atoms in total. The zero-order chi connectivity index (χ0) is 11.5. The van der Waals surface area contributed by atoms with Crippen LogP contribution < -0.4 is 5.73 Å². The molecule has 4 bridgehead atoms. The first-order chi connectivity index (χ1) is 8.23. The summed E-state index contributed by atoms with van der Waals surface area (Å²) in [6.45, 7) is 0. The topological polar surface area (TPSA) is 38.9 Å². The van der Waals surface area contributed by atoms with Crippen LogP contribution in [0, 0.1) is 17.8 Å². The van der Waals surface area contributed by atoms with Crippen molar-refractivity contribution in [2.24, 2.45) is 17.8 Å². The van der Waals surface area contributed by atoms with Crippen LogP contribution in [0.1, 0.15) is 44.2 Å². The molecular weight excluding hydrogens is 208 g/mol. The number of rotatable bonds is 1. The molecule has 4 aliphatic rings. The molecule has 1 aromatic rings. The normalized spacial score (nSPS) is 42.9. The van der Waals surface area contributed by atoms with Gasteiger partial charge in [0.25, 0.3) is 0 Å². The molecule has 90 valence electrons. The molecule has 17 heavy (non-hydrogen) atoms. The van der Waals surface area contributed by atoms with Crippen molar-refractivity contribution in [3.05, 3.63) is 23.9 Å². The van der Waals surface area contributed by atoms with Crippen molar-refractivity contribution in [3.8, 4) is 0 Å². The Kier molecular flexibility index (Phi) is 1.89. The largest absolute Gasteiger partial charge is 0.384 e. The summed E-state index contributed by atoms with van der Waals surface area (Å²) >= 11 is 0. The molecule has 0 aliphatic heterocycles.